The number of hydrogen-bond acceptors (Lipinski definition) is 4. The lowest BCUT2D eigenvalue weighted by Gasteiger charge is -2.06. The Balaban J connectivity index is 1.91. The van der Waals surface area contributed by atoms with Crippen LogP contribution in [0.4, 0.5) is 0 Å². The molecule has 0 aliphatic carbocycles. The molecule has 0 aliphatic heterocycles. The van der Waals surface area contributed by atoms with Crippen molar-refractivity contribution in [3.8, 4) is 6.26 Å². The van der Waals surface area contributed by atoms with Gasteiger partial charge in [-0.15, -0.1) is 5.26 Å². The zero-order chi connectivity index (χ0) is 17.8. The summed E-state index contributed by atoms with van der Waals surface area (Å²) in [6.07, 6.45) is 3.72. The van der Waals surface area contributed by atoms with Gasteiger partial charge in [0.1, 0.15) is 6.04 Å². The molecule has 0 unspecified atom stereocenters. The second kappa shape index (κ2) is 7.20. The first-order valence-electron chi connectivity index (χ1n) is 8.06. The number of carbonyl (C=O) groups excluding carboxylic acids is 1. The summed E-state index contributed by atoms with van der Waals surface area (Å²) >= 11 is 0. The van der Waals surface area contributed by atoms with Gasteiger partial charge in [0.05, 0.1) is 0 Å². The van der Waals surface area contributed by atoms with Crippen LogP contribution >= 0.6 is 0 Å². The molecule has 0 aliphatic rings. The van der Waals surface area contributed by atoms with E-state index in [1.165, 1.54) is 17.4 Å². The standard InChI is InChI=1S/C20H19N3O2/c1-14-6-8-15(9-7-14)11-23-12-16(10-18(22)20(24)25-13-21)17-4-2-3-5-19(17)23/h2-9,12,18H,10-11,22H2,1H3/t18-/m0/s1. The largest absolute Gasteiger partial charge is 0.350 e. The van der Waals surface area contributed by atoms with E-state index in [9.17, 15) is 4.79 Å². The van der Waals surface area contributed by atoms with Crippen molar-refractivity contribution < 1.29 is 9.53 Å². The molecule has 0 bridgehead atoms. The minimum absolute atomic E-state index is 0.321. The summed E-state index contributed by atoms with van der Waals surface area (Å²) in [6, 6.07) is 15.6. The van der Waals surface area contributed by atoms with Crippen LogP contribution in [-0.2, 0) is 22.5 Å². The number of aromatic nitrogens is 1. The molecule has 0 radical (unpaired) electrons. The molecule has 5 heteroatoms. The lowest BCUT2D eigenvalue weighted by Crippen LogP contribution is -2.33. The van der Waals surface area contributed by atoms with Crippen LogP contribution in [0, 0.1) is 18.4 Å². The number of fused-ring (bicyclic) bond motifs is 1. The molecule has 1 atom stereocenters. The molecule has 2 N–H and O–H groups in total. The molecule has 3 aromatic rings. The summed E-state index contributed by atoms with van der Waals surface area (Å²) in [5, 5.41) is 9.51. The third kappa shape index (κ3) is 3.70. The van der Waals surface area contributed by atoms with Crippen LogP contribution in [0.5, 0.6) is 0 Å². The maximum absolute atomic E-state index is 11.6. The molecule has 5 nitrogen and oxygen atoms in total. The summed E-state index contributed by atoms with van der Waals surface area (Å²) in [5.74, 6) is -0.710. The van der Waals surface area contributed by atoms with E-state index in [4.69, 9.17) is 11.0 Å². The van der Waals surface area contributed by atoms with Gasteiger partial charge in [-0.25, -0.2) is 4.79 Å². The minimum atomic E-state index is -0.863. The Labute approximate surface area is 146 Å². The first kappa shape index (κ1) is 16.7. The molecule has 0 amide bonds. The summed E-state index contributed by atoms with van der Waals surface area (Å²) in [4.78, 5) is 11.6. The van der Waals surface area contributed by atoms with Crippen molar-refractivity contribution in [2.24, 2.45) is 5.73 Å². The Morgan fingerprint density at radius 2 is 1.96 bits per heavy atom. The molecule has 1 heterocycles. The highest BCUT2D eigenvalue weighted by atomic mass is 16.5. The van der Waals surface area contributed by atoms with Crippen LogP contribution in [0.25, 0.3) is 10.9 Å². The molecule has 0 spiro atoms. The molecule has 1 aromatic heterocycles. The van der Waals surface area contributed by atoms with Crippen LogP contribution < -0.4 is 5.73 Å². The van der Waals surface area contributed by atoms with E-state index in [1.807, 2.05) is 30.5 Å². The van der Waals surface area contributed by atoms with Crippen LogP contribution in [0.2, 0.25) is 0 Å². The van der Waals surface area contributed by atoms with Gasteiger partial charge in [-0.05, 0) is 24.1 Å². The number of ether oxygens (including phenoxy) is 1. The maximum Gasteiger partial charge on any atom is 0.338 e. The van der Waals surface area contributed by atoms with Crippen LogP contribution in [0.3, 0.4) is 0 Å². The fraction of sp³-hybridized carbons (Fsp3) is 0.200. The van der Waals surface area contributed by atoms with Gasteiger partial charge in [0.15, 0.2) is 0 Å². The number of rotatable bonds is 5. The normalized spacial score (nSPS) is 11.9. The fourth-order valence-corrected chi connectivity index (χ4v) is 2.95. The SMILES string of the molecule is Cc1ccc(Cn2cc(C[C@H](N)C(=O)OC#N)c3ccccc32)cc1. The third-order valence-corrected chi connectivity index (χ3v) is 4.23. The summed E-state index contributed by atoms with van der Waals surface area (Å²) in [5.41, 5.74) is 10.3. The van der Waals surface area contributed by atoms with Crippen molar-refractivity contribution >= 4 is 16.9 Å². The predicted octanol–water partition coefficient (Wildman–Crippen LogP) is 2.89. The Kier molecular flexibility index (Phi) is 4.82. The zero-order valence-corrected chi connectivity index (χ0v) is 14.0. The number of carbonyl (C=O) groups is 1. The quantitative estimate of drug-likeness (QED) is 0.575. The van der Waals surface area contributed by atoms with Crippen LogP contribution in [0.15, 0.2) is 54.7 Å². The predicted molar refractivity (Wildman–Crippen MR) is 95.6 cm³/mol. The van der Waals surface area contributed by atoms with Gasteiger partial charge in [0.25, 0.3) is 6.26 Å². The zero-order valence-electron chi connectivity index (χ0n) is 14.0. The Morgan fingerprint density at radius 3 is 2.68 bits per heavy atom. The highest BCUT2D eigenvalue weighted by molar-refractivity contribution is 5.85. The van der Waals surface area contributed by atoms with Crippen molar-refractivity contribution in [3.05, 3.63) is 71.4 Å². The van der Waals surface area contributed by atoms with E-state index in [-0.39, 0.29) is 0 Å². The molecule has 0 saturated heterocycles. The molecule has 0 fully saturated rings. The molecular weight excluding hydrogens is 314 g/mol. The van der Waals surface area contributed by atoms with Crippen molar-refractivity contribution in [2.45, 2.75) is 25.9 Å². The molecule has 25 heavy (non-hydrogen) atoms. The van der Waals surface area contributed by atoms with Crippen LogP contribution in [-0.4, -0.2) is 16.6 Å². The summed E-state index contributed by atoms with van der Waals surface area (Å²) in [6.45, 7) is 2.80. The fourth-order valence-electron chi connectivity index (χ4n) is 2.95. The molecule has 2 aromatic carbocycles. The number of nitrogens with zero attached hydrogens (tertiary/aromatic N) is 2. The number of nitrogens with two attached hydrogens (primary N) is 1. The van der Waals surface area contributed by atoms with E-state index < -0.39 is 12.0 Å². The monoisotopic (exact) mass is 333 g/mol. The van der Waals surface area contributed by atoms with Gasteiger partial charge < -0.3 is 15.0 Å². The topological polar surface area (TPSA) is 81.0 Å². The minimum Gasteiger partial charge on any atom is -0.350 e. The number of aryl methyl sites for hydroxylation is 1. The number of nitriles is 1. The molecule has 3 rings (SSSR count). The Hall–Kier alpha value is -3.10. The van der Waals surface area contributed by atoms with Crippen molar-refractivity contribution in [1.82, 2.24) is 4.57 Å². The van der Waals surface area contributed by atoms with Gasteiger partial charge in [-0.3, -0.25) is 0 Å². The van der Waals surface area contributed by atoms with Gasteiger partial charge in [-0.1, -0.05) is 48.0 Å². The van der Waals surface area contributed by atoms with E-state index in [2.05, 4.69) is 40.5 Å². The van der Waals surface area contributed by atoms with Crippen LogP contribution in [0.1, 0.15) is 16.7 Å². The van der Waals surface area contributed by atoms with Crippen molar-refractivity contribution in [1.29, 1.82) is 5.26 Å². The number of hydrogen-bond donors (Lipinski definition) is 1. The number of esters is 1. The van der Waals surface area contributed by atoms with Crippen molar-refractivity contribution in [2.75, 3.05) is 0 Å². The van der Waals surface area contributed by atoms with E-state index in [0.29, 0.717) is 6.42 Å². The number of benzene rings is 2. The Morgan fingerprint density at radius 1 is 1.24 bits per heavy atom. The smallest absolute Gasteiger partial charge is 0.338 e. The van der Waals surface area contributed by atoms with Gasteiger partial charge >= 0.3 is 5.97 Å². The van der Waals surface area contributed by atoms with Gasteiger partial charge in [0.2, 0.25) is 0 Å². The first-order chi connectivity index (χ1) is 12.1. The van der Waals surface area contributed by atoms with Gasteiger partial charge in [-0.2, -0.15) is 0 Å². The highest BCUT2D eigenvalue weighted by Crippen LogP contribution is 2.23. The lowest BCUT2D eigenvalue weighted by molar-refractivity contribution is -0.138. The third-order valence-electron chi connectivity index (χ3n) is 4.23. The second-order valence-corrected chi connectivity index (χ2v) is 6.11. The first-order valence-corrected chi connectivity index (χ1v) is 8.06. The lowest BCUT2D eigenvalue weighted by atomic mass is 10.1. The highest BCUT2D eigenvalue weighted by Gasteiger charge is 2.19. The Bertz CT molecular complexity index is 936. The van der Waals surface area contributed by atoms with Gasteiger partial charge in [0, 0.05) is 30.1 Å². The number of para-hydroxylation sites is 1. The van der Waals surface area contributed by atoms with Crippen molar-refractivity contribution in [3.63, 3.8) is 0 Å². The van der Waals surface area contributed by atoms with E-state index in [0.717, 1.165) is 23.0 Å². The molecule has 126 valence electrons. The second-order valence-electron chi connectivity index (χ2n) is 6.11. The maximum atomic E-state index is 11.6. The molecular formula is C20H19N3O2. The summed E-state index contributed by atoms with van der Waals surface area (Å²) in [7, 11) is 0. The van der Waals surface area contributed by atoms with E-state index in [1.54, 1.807) is 0 Å². The summed E-state index contributed by atoms with van der Waals surface area (Å²) < 4.78 is 6.49. The van der Waals surface area contributed by atoms with E-state index >= 15 is 0 Å². The molecule has 0 saturated carbocycles. The average molecular weight is 333 g/mol. The average Bonchev–Trinajstić information content (AvgIpc) is 2.95.